The molecule has 0 aliphatic carbocycles. The third-order valence-electron chi connectivity index (χ3n) is 3.52. The summed E-state index contributed by atoms with van der Waals surface area (Å²) in [7, 11) is 0. The first-order chi connectivity index (χ1) is 9.58. The SMILES string of the molecule is Cc1cccc(N2Cc3cccc(C(N)=O)c3C2=O)c1. The number of rotatable bonds is 2. The Hall–Kier alpha value is -2.62. The molecule has 0 radical (unpaired) electrons. The van der Waals surface area contributed by atoms with Crippen molar-refractivity contribution in [1.29, 1.82) is 0 Å². The molecule has 1 aliphatic rings. The summed E-state index contributed by atoms with van der Waals surface area (Å²) in [6.07, 6.45) is 0. The first-order valence-corrected chi connectivity index (χ1v) is 6.38. The van der Waals surface area contributed by atoms with E-state index >= 15 is 0 Å². The van der Waals surface area contributed by atoms with Gasteiger partial charge in [0.25, 0.3) is 5.91 Å². The molecule has 2 aromatic carbocycles. The van der Waals surface area contributed by atoms with E-state index in [1.54, 1.807) is 17.0 Å². The molecule has 0 spiro atoms. The van der Waals surface area contributed by atoms with E-state index in [2.05, 4.69) is 0 Å². The van der Waals surface area contributed by atoms with Crippen molar-refractivity contribution in [3.05, 3.63) is 64.7 Å². The summed E-state index contributed by atoms with van der Waals surface area (Å²) in [5.41, 5.74) is 8.83. The van der Waals surface area contributed by atoms with E-state index in [0.29, 0.717) is 17.7 Å². The number of nitrogens with two attached hydrogens (primary N) is 1. The zero-order valence-electron chi connectivity index (χ0n) is 11.1. The molecule has 0 bridgehead atoms. The molecule has 4 nitrogen and oxygen atoms in total. The predicted molar refractivity (Wildman–Crippen MR) is 76.7 cm³/mol. The van der Waals surface area contributed by atoms with Crippen LogP contribution in [0.2, 0.25) is 0 Å². The van der Waals surface area contributed by atoms with Gasteiger partial charge in [0.1, 0.15) is 0 Å². The van der Waals surface area contributed by atoms with Crippen LogP contribution in [0.4, 0.5) is 5.69 Å². The van der Waals surface area contributed by atoms with Gasteiger partial charge in [-0.3, -0.25) is 9.59 Å². The second kappa shape index (κ2) is 4.49. The fourth-order valence-electron chi connectivity index (χ4n) is 2.57. The molecule has 20 heavy (non-hydrogen) atoms. The van der Waals surface area contributed by atoms with Gasteiger partial charge in [-0.25, -0.2) is 0 Å². The highest BCUT2D eigenvalue weighted by atomic mass is 16.2. The Bertz CT molecular complexity index is 722. The number of benzene rings is 2. The van der Waals surface area contributed by atoms with Crippen LogP contribution in [-0.2, 0) is 6.54 Å². The van der Waals surface area contributed by atoms with E-state index in [1.807, 2.05) is 37.3 Å². The normalized spacial score (nSPS) is 13.4. The summed E-state index contributed by atoms with van der Waals surface area (Å²) in [6, 6.07) is 12.9. The summed E-state index contributed by atoms with van der Waals surface area (Å²) in [4.78, 5) is 25.7. The van der Waals surface area contributed by atoms with Gasteiger partial charge in [0.05, 0.1) is 17.7 Å². The highest BCUT2D eigenvalue weighted by Crippen LogP contribution is 2.30. The Kier molecular flexibility index (Phi) is 2.79. The minimum Gasteiger partial charge on any atom is -0.366 e. The van der Waals surface area contributed by atoms with Crippen LogP contribution in [0.25, 0.3) is 0 Å². The molecular formula is C16H14N2O2. The fourth-order valence-corrected chi connectivity index (χ4v) is 2.57. The summed E-state index contributed by atoms with van der Waals surface area (Å²) in [6.45, 7) is 2.45. The molecule has 0 atom stereocenters. The first-order valence-electron chi connectivity index (χ1n) is 6.38. The topological polar surface area (TPSA) is 63.4 Å². The van der Waals surface area contributed by atoms with Crippen LogP contribution in [0.5, 0.6) is 0 Å². The molecule has 2 amide bonds. The average molecular weight is 266 g/mol. The number of anilines is 1. The first kappa shape index (κ1) is 12.4. The number of amides is 2. The molecule has 1 heterocycles. The van der Waals surface area contributed by atoms with Crippen molar-refractivity contribution in [1.82, 2.24) is 0 Å². The molecule has 1 aliphatic heterocycles. The second-order valence-electron chi connectivity index (χ2n) is 4.93. The van der Waals surface area contributed by atoms with Crippen LogP contribution < -0.4 is 10.6 Å². The number of hydrogen-bond acceptors (Lipinski definition) is 2. The van der Waals surface area contributed by atoms with E-state index < -0.39 is 5.91 Å². The standard InChI is InChI=1S/C16H14N2O2/c1-10-4-2-6-12(8-10)18-9-11-5-3-7-13(15(17)19)14(11)16(18)20/h2-8H,9H2,1H3,(H2,17,19). The van der Waals surface area contributed by atoms with Crippen LogP contribution in [0, 0.1) is 6.92 Å². The maximum Gasteiger partial charge on any atom is 0.259 e. The highest BCUT2D eigenvalue weighted by molar-refractivity contribution is 6.16. The zero-order chi connectivity index (χ0) is 14.3. The van der Waals surface area contributed by atoms with Gasteiger partial charge in [0.15, 0.2) is 0 Å². The summed E-state index contributed by atoms with van der Waals surface area (Å²) >= 11 is 0. The minimum absolute atomic E-state index is 0.167. The van der Waals surface area contributed by atoms with Crippen molar-refractivity contribution in [2.75, 3.05) is 4.90 Å². The van der Waals surface area contributed by atoms with Crippen LogP contribution in [0.1, 0.15) is 31.8 Å². The molecule has 0 saturated carbocycles. The van der Waals surface area contributed by atoms with Gasteiger partial charge in [0.2, 0.25) is 5.91 Å². The minimum atomic E-state index is -0.568. The van der Waals surface area contributed by atoms with Crippen molar-refractivity contribution >= 4 is 17.5 Å². The Balaban J connectivity index is 2.07. The molecule has 2 aromatic rings. The van der Waals surface area contributed by atoms with Crippen molar-refractivity contribution in [2.45, 2.75) is 13.5 Å². The maximum absolute atomic E-state index is 12.6. The third kappa shape index (κ3) is 1.86. The molecule has 0 saturated heterocycles. The molecule has 0 fully saturated rings. The number of nitrogens with zero attached hydrogens (tertiary/aromatic N) is 1. The van der Waals surface area contributed by atoms with Crippen LogP contribution in [0.15, 0.2) is 42.5 Å². The Morgan fingerprint density at radius 1 is 1.20 bits per heavy atom. The number of fused-ring (bicyclic) bond motifs is 1. The number of aryl methyl sites for hydroxylation is 1. The van der Waals surface area contributed by atoms with Gasteiger partial charge in [-0.2, -0.15) is 0 Å². The molecular weight excluding hydrogens is 252 g/mol. The summed E-state index contributed by atoms with van der Waals surface area (Å²) in [5.74, 6) is -0.735. The second-order valence-corrected chi connectivity index (χ2v) is 4.93. The lowest BCUT2D eigenvalue weighted by atomic mass is 10.0. The monoisotopic (exact) mass is 266 g/mol. The number of primary amides is 1. The Labute approximate surface area is 116 Å². The van der Waals surface area contributed by atoms with E-state index in [0.717, 1.165) is 16.8 Å². The fraction of sp³-hybridized carbons (Fsp3) is 0.125. The van der Waals surface area contributed by atoms with Crippen LogP contribution in [-0.4, -0.2) is 11.8 Å². The number of carbonyl (C=O) groups excluding carboxylic acids is 2. The Morgan fingerprint density at radius 2 is 1.95 bits per heavy atom. The van der Waals surface area contributed by atoms with Gasteiger partial charge in [-0.05, 0) is 36.2 Å². The van der Waals surface area contributed by atoms with E-state index in [9.17, 15) is 9.59 Å². The average Bonchev–Trinajstić information content (AvgIpc) is 2.76. The van der Waals surface area contributed by atoms with Crippen molar-refractivity contribution in [2.24, 2.45) is 5.73 Å². The van der Waals surface area contributed by atoms with Crippen LogP contribution in [0.3, 0.4) is 0 Å². The van der Waals surface area contributed by atoms with Crippen LogP contribution >= 0.6 is 0 Å². The molecule has 4 heteroatoms. The molecule has 3 rings (SSSR count). The molecule has 2 N–H and O–H groups in total. The largest absolute Gasteiger partial charge is 0.366 e. The van der Waals surface area contributed by atoms with E-state index in [4.69, 9.17) is 5.73 Å². The molecule has 100 valence electrons. The smallest absolute Gasteiger partial charge is 0.259 e. The Morgan fingerprint density at radius 3 is 2.65 bits per heavy atom. The number of carbonyl (C=O) groups is 2. The quantitative estimate of drug-likeness (QED) is 0.906. The molecule has 0 unspecified atom stereocenters. The van der Waals surface area contributed by atoms with Gasteiger partial charge in [-0.15, -0.1) is 0 Å². The maximum atomic E-state index is 12.6. The summed E-state index contributed by atoms with van der Waals surface area (Å²) < 4.78 is 0. The zero-order valence-corrected chi connectivity index (χ0v) is 11.1. The predicted octanol–water partition coefficient (Wildman–Crippen LogP) is 2.25. The van der Waals surface area contributed by atoms with Crippen molar-refractivity contribution in [3.8, 4) is 0 Å². The highest BCUT2D eigenvalue weighted by Gasteiger charge is 2.31. The third-order valence-corrected chi connectivity index (χ3v) is 3.52. The lowest BCUT2D eigenvalue weighted by Crippen LogP contribution is -2.24. The van der Waals surface area contributed by atoms with E-state index in [-0.39, 0.29) is 5.91 Å². The number of hydrogen-bond donors (Lipinski definition) is 1. The molecule has 0 aromatic heterocycles. The van der Waals surface area contributed by atoms with Gasteiger partial charge in [-0.1, -0.05) is 24.3 Å². The van der Waals surface area contributed by atoms with E-state index in [1.165, 1.54) is 0 Å². The van der Waals surface area contributed by atoms with Crippen molar-refractivity contribution < 1.29 is 9.59 Å². The lowest BCUT2D eigenvalue weighted by Gasteiger charge is -2.16. The van der Waals surface area contributed by atoms with Gasteiger partial charge in [0, 0.05) is 5.69 Å². The lowest BCUT2D eigenvalue weighted by molar-refractivity contribution is 0.0967. The van der Waals surface area contributed by atoms with Gasteiger partial charge < -0.3 is 10.6 Å². The van der Waals surface area contributed by atoms with Gasteiger partial charge >= 0.3 is 0 Å². The van der Waals surface area contributed by atoms with Crippen molar-refractivity contribution in [3.63, 3.8) is 0 Å². The summed E-state index contributed by atoms with van der Waals surface area (Å²) in [5, 5.41) is 0.